The van der Waals surface area contributed by atoms with Gasteiger partial charge in [-0.15, -0.1) is 0 Å². The van der Waals surface area contributed by atoms with Gasteiger partial charge < -0.3 is 15.2 Å². The van der Waals surface area contributed by atoms with Crippen molar-refractivity contribution in [3.63, 3.8) is 0 Å². The fourth-order valence-electron chi connectivity index (χ4n) is 2.63. The molecule has 0 bridgehead atoms. The molecule has 96 valence electrons. The number of likely N-dealkylation sites (tertiary alicyclic amines) is 1. The quantitative estimate of drug-likeness (QED) is 0.863. The third-order valence-corrected chi connectivity index (χ3v) is 3.38. The first kappa shape index (κ1) is 12.6. The molecule has 2 heterocycles. The van der Waals surface area contributed by atoms with Crippen molar-refractivity contribution in [1.29, 1.82) is 0 Å². The number of nitrogens with zero attached hydrogens (tertiary/aromatic N) is 3. The summed E-state index contributed by atoms with van der Waals surface area (Å²) in [6.07, 6.45) is 7.32. The first-order valence-corrected chi connectivity index (χ1v) is 6.44. The van der Waals surface area contributed by atoms with Crippen LogP contribution in [0.5, 0.6) is 0 Å². The Morgan fingerprint density at radius 2 is 2.29 bits per heavy atom. The van der Waals surface area contributed by atoms with Crippen LogP contribution in [0.15, 0.2) is 12.5 Å². The molecule has 1 aliphatic heterocycles. The Bertz CT molecular complexity index is 364. The third kappa shape index (κ3) is 3.30. The molecule has 2 N–H and O–H groups in total. The predicted molar refractivity (Wildman–Crippen MR) is 70.0 cm³/mol. The molecule has 0 radical (unpaired) electrons. The molecule has 1 fully saturated rings. The van der Waals surface area contributed by atoms with Gasteiger partial charge in [-0.3, -0.25) is 0 Å². The van der Waals surface area contributed by atoms with Crippen LogP contribution < -0.4 is 5.73 Å². The summed E-state index contributed by atoms with van der Waals surface area (Å²) >= 11 is 0. The molecular formula is C13H24N4. The number of imidazole rings is 1. The summed E-state index contributed by atoms with van der Waals surface area (Å²) in [5, 5.41) is 0. The SMILES string of the molecule is CN1CCCC(n2cncc2CC(C)(C)N)C1. The molecule has 0 aliphatic carbocycles. The number of piperidine rings is 1. The summed E-state index contributed by atoms with van der Waals surface area (Å²) in [6, 6.07) is 0.564. The monoisotopic (exact) mass is 236 g/mol. The highest BCUT2D eigenvalue weighted by atomic mass is 15.2. The van der Waals surface area contributed by atoms with E-state index in [0.29, 0.717) is 6.04 Å². The summed E-state index contributed by atoms with van der Waals surface area (Å²) in [5.41, 5.74) is 7.19. The Balaban J connectivity index is 2.13. The molecule has 0 amide bonds. The van der Waals surface area contributed by atoms with Crippen molar-refractivity contribution in [2.45, 2.75) is 44.7 Å². The molecule has 1 aromatic heterocycles. The van der Waals surface area contributed by atoms with Gasteiger partial charge >= 0.3 is 0 Å². The second kappa shape index (κ2) is 4.78. The van der Waals surface area contributed by atoms with Gasteiger partial charge in [-0.25, -0.2) is 4.98 Å². The van der Waals surface area contributed by atoms with Crippen LogP contribution in [0.3, 0.4) is 0 Å². The molecule has 1 saturated heterocycles. The molecular weight excluding hydrogens is 212 g/mol. The molecule has 0 aromatic carbocycles. The normalized spacial score (nSPS) is 22.9. The Labute approximate surface area is 104 Å². The lowest BCUT2D eigenvalue weighted by atomic mass is 9.99. The van der Waals surface area contributed by atoms with Crippen LogP contribution in [-0.2, 0) is 6.42 Å². The minimum Gasteiger partial charge on any atom is -0.330 e. The molecule has 4 nitrogen and oxygen atoms in total. The summed E-state index contributed by atoms with van der Waals surface area (Å²) in [5.74, 6) is 0. The van der Waals surface area contributed by atoms with Gasteiger partial charge in [-0.05, 0) is 40.3 Å². The number of aromatic nitrogens is 2. The molecule has 1 aliphatic rings. The molecule has 0 saturated carbocycles. The van der Waals surface area contributed by atoms with Gasteiger partial charge in [-0.2, -0.15) is 0 Å². The Morgan fingerprint density at radius 1 is 1.53 bits per heavy atom. The lowest BCUT2D eigenvalue weighted by Crippen LogP contribution is -2.37. The maximum absolute atomic E-state index is 6.10. The highest BCUT2D eigenvalue weighted by molar-refractivity contribution is 5.05. The summed E-state index contributed by atoms with van der Waals surface area (Å²) in [6.45, 7) is 6.46. The minimum atomic E-state index is -0.168. The van der Waals surface area contributed by atoms with Crippen molar-refractivity contribution in [3.05, 3.63) is 18.2 Å². The van der Waals surface area contributed by atoms with Gasteiger partial charge in [0.1, 0.15) is 0 Å². The largest absolute Gasteiger partial charge is 0.330 e. The summed E-state index contributed by atoms with van der Waals surface area (Å²) in [4.78, 5) is 6.69. The van der Waals surface area contributed by atoms with Crippen molar-refractivity contribution >= 4 is 0 Å². The predicted octanol–water partition coefficient (Wildman–Crippen LogP) is 1.43. The van der Waals surface area contributed by atoms with Crippen LogP contribution in [0.25, 0.3) is 0 Å². The highest BCUT2D eigenvalue weighted by Gasteiger charge is 2.22. The fourth-order valence-corrected chi connectivity index (χ4v) is 2.63. The highest BCUT2D eigenvalue weighted by Crippen LogP contribution is 2.23. The topological polar surface area (TPSA) is 47.1 Å². The van der Waals surface area contributed by atoms with Crippen LogP contribution in [0.4, 0.5) is 0 Å². The van der Waals surface area contributed by atoms with E-state index in [2.05, 4.69) is 35.3 Å². The Morgan fingerprint density at radius 3 is 2.94 bits per heavy atom. The standard InChI is InChI=1S/C13H24N4/c1-13(2,14)7-12-8-15-10-17(12)11-5-4-6-16(3)9-11/h8,10-11H,4-7,9,14H2,1-3H3. The van der Waals surface area contributed by atoms with E-state index in [1.165, 1.54) is 25.1 Å². The van der Waals surface area contributed by atoms with E-state index in [4.69, 9.17) is 5.73 Å². The number of hydrogen-bond donors (Lipinski definition) is 1. The van der Waals surface area contributed by atoms with E-state index in [0.717, 1.165) is 13.0 Å². The number of nitrogens with two attached hydrogens (primary N) is 1. The summed E-state index contributed by atoms with van der Waals surface area (Å²) in [7, 11) is 2.19. The van der Waals surface area contributed by atoms with Crippen molar-refractivity contribution in [2.24, 2.45) is 5.73 Å². The van der Waals surface area contributed by atoms with E-state index < -0.39 is 0 Å². The zero-order chi connectivity index (χ0) is 12.5. The average molecular weight is 236 g/mol. The number of likely N-dealkylation sites (N-methyl/N-ethyl adjacent to an activating group) is 1. The van der Waals surface area contributed by atoms with Crippen LogP contribution in [0.2, 0.25) is 0 Å². The lowest BCUT2D eigenvalue weighted by Gasteiger charge is -2.32. The fraction of sp³-hybridized carbons (Fsp3) is 0.769. The molecule has 1 aromatic rings. The van der Waals surface area contributed by atoms with Crippen molar-refractivity contribution in [2.75, 3.05) is 20.1 Å². The van der Waals surface area contributed by atoms with E-state index in [9.17, 15) is 0 Å². The molecule has 0 spiro atoms. The van der Waals surface area contributed by atoms with Gasteiger partial charge in [-0.1, -0.05) is 0 Å². The first-order chi connectivity index (χ1) is 7.96. The van der Waals surface area contributed by atoms with Crippen molar-refractivity contribution < 1.29 is 0 Å². The smallest absolute Gasteiger partial charge is 0.0951 e. The van der Waals surface area contributed by atoms with Crippen LogP contribution >= 0.6 is 0 Å². The first-order valence-electron chi connectivity index (χ1n) is 6.44. The maximum Gasteiger partial charge on any atom is 0.0951 e. The van der Waals surface area contributed by atoms with E-state index in [1.54, 1.807) is 0 Å². The minimum absolute atomic E-state index is 0.168. The molecule has 17 heavy (non-hydrogen) atoms. The number of hydrogen-bond acceptors (Lipinski definition) is 3. The Hall–Kier alpha value is -0.870. The average Bonchev–Trinajstić information content (AvgIpc) is 2.63. The lowest BCUT2D eigenvalue weighted by molar-refractivity contribution is 0.209. The molecule has 2 rings (SSSR count). The van der Waals surface area contributed by atoms with Gasteiger partial charge in [0.05, 0.1) is 6.33 Å². The summed E-state index contributed by atoms with van der Waals surface area (Å²) < 4.78 is 2.32. The molecule has 1 unspecified atom stereocenters. The van der Waals surface area contributed by atoms with Gasteiger partial charge in [0.15, 0.2) is 0 Å². The van der Waals surface area contributed by atoms with Crippen LogP contribution in [0, 0.1) is 0 Å². The van der Waals surface area contributed by atoms with Crippen LogP contribution in [-0.4, -0.2) is 40.1 Å². The van der Waals surface area contributed by atoms with Gasteiger partial charge in [0, 0.05) is 36.4 Å². The number of rotatable bonds is 3. The van der Waals surface area contributed by atoms with Crippen molar-refractivity contribution in [3.8, 4) is 0 Å². The zero-order valence-electron chi connectivity index (χ0n) is 11.2. The van der Waals surface area contributed by atoms with E-state index in [-0.39, 0.29) is 5.54 Å². The van der Waals surface area contributed by atoms with Crippen LogP contribution in [0.1, 0.15) is 38.4 Å². The molecule has 1 atom stereocenters. The molecule has 4 heteroatoms. The second-order valence-electron chi connectivity index (χ2n) is 6.02. The third-order valence-electron chi connectivity index (χ3n) is 3.38. The van der Waals surface area contributed by atoms with Crippen molar-refractivity contribution in [1.82, 2.24) is 14.5 Å². The second-order valence-corrected chi connectivity index (χ2v) is 6.02. The van der Waals surface area contributed by atoms with Gasteiger partial charge in [0.25, 0.3) is 0 Å². The zero-order valence-corrected chi connectivity index (χ0v) is 11.2. The maximum atomic E-state index is 6.10. The van der Waals surface area contributed by atoms with E-state index >= 15 is 0 Å². The van der Waals surface area contributed by atoms with Gasteiger partial charge in [0.2, 0.25) is 0 Å². The van der Waals surface area contributed by atoms with E-state index in [1.807, 2.05) is 12.5 Å². The Kier molecular flexibility index (Phi) is 3.54.